The molecule has 0 unspecified atom stereocenters. The molecule has 2 N–H and O–H groups in total. The number of benzene rings is 1. The first kappa shape index (κ1) is 14.3. The largest absolute Gasteiger partial charge is 0.326 e. The highest BCUT2D eigenvalue weighted by atomic mass is 35.5. The van der Waals surface area contributed by atoms with Gasteiger partial charge in [-0.05, 0) is 31.5 Å². The van der Waals surface area contributed by atoms with Crippen molar-refractivity contribution in [1.82, 2.24) is 9.97 Å². The quantitative estimate of drug-likeness (QED) is 0.943. The SMILES string of the molecule is Cc1nc(Cc2ccc(Cl)c(Cl)c2)nc(C)c1CN. The molecule has 100 valence electrons. The van der Waals surface area contributed by atoms with Crippen LogP contribution in [0.3, 0.4) is 0 Å². The molecule has 0 aliphatic carbocycles. The van der Waals surface area contributed by atoms with Crippen molar-refractivity contribution in [3.8, 4) is 0 Å². The molecule has 0 bridgehead atoms. The van der Waals surface area contributed by atoms with Crippen LogP contribution in [0, 0.1) is 13.8 Å². The van der Waals surface area contributed by atoms with Gasteiger partial charge in [-0.1, -0.05) is 29.3 Å². The van der Waals surface area contributed by atoms with Gasteiger partial charge in [0.2, 0.25) is 0 Å². The average molecular weight is 296 g/mol. The van der Waals surface area contributed by atoms with Crippen LogP contribution >= 0.6 is 23.2 Å². The van der Waals surface area contributed by atoms with Crippen LogP contribution in [0.15, 0.2) is 18.2 Å². The zero-order valence-corrected chi connectivity index (χ0v) is 12.4. The monoisotopic (exact) mass is 295 g/mol. The highest BCUT2D eigenvalue weighted by Gasteiger charge is 2.08. The highest BCUT2D eigenvalue weighted by molar-refractivity contribution is 6.42. The van der Waals surface area contributed by atoms with E-state index in [2.05, 4.69) is 9.97 Å². The highest BCUT2D eigenvalue weighted by Crippen LogP contribution is 2.23. The van der Waals surface area contributed by atoms with E-state index in [0.29, 0.717) is 23.0 Å². The fraction of sp³-hybridized carbons (Fsp3) is 0.286. The van der Waals surface area contributed by atoms with E-state index < -0.39 is 0 Å². The van der Waals surface area contributed by atoms with Crippen molar-refractivity contribution >= 4 is 23.2 Å². The summed E-state index contributed by atoms with van der Waals surface area (Å²) in [7, 11) is 0. The van der Waals surface area contributed by atoms with E-state index in [4.69, 9.17) is 28.9 Å². The van der Waals surface area contributed by atoms with Crippen molar-refractivity contribution in [2.45, 2.75) is 26.8 Å². The van der Waals surface area contributed by atoms with Gasteiger partial charge in [0.1, 0.15) is 5.82 Å². The molecule has 2 rings (SSSR count). The van der Waals surface area contributed by atoms with E-state index >= 15 is 0 Å². The van der Waals surface area contributed by atoms with Crippen LogP contribution in [0.5, 0.6) is 0 Å². The first-order valence-electron chi connectivity index (χ1n) is 5.98. The molecule has 0 fully saturated rings. The van der Waals surface area contributed by atoms with Crippen molar-refractivity contribution in [2.24, 2.45) is 5.73 Å². The fourth-order valence-electron chi connectivity index (χ4n) is 2.02. The Balaban J connectivity index is 2.31. The van der Waals surface area contributed by atoms with E-state index in [1.165, 1.54) is 0 Å². The van der Waals surface area contributed by atoms with Crippen molar-refractivity contribution in [1.29, 1.82) is 0 Å². The third kappa shape index (κ3) is 3.24. The van der Waals surface area contributed by atoms with Gasteiger partial charge >= 0.3 is 0 Å². The zero-order chi connectivity index (χ0) is 14.0. The maximum Gasteiger partial charge on any atom is 0.133 e. The van der Waals surface area contributed by atoms with Gasteiger partial charge in [0.25, 0.3) is 0 Å². The number of hydrogen-bond acceptors (Lipinski definition) is 3. The number of nitrogens with two attached hydrogens (primary N) is 1. The molecular weight excluding hydrogens is 281 g/mol. The van der Waals surface area contributed by atoms with Crippen LogP contribution in [-0.4, -0.2) is 9.97 Å². The number of rotatable bonds is 3. The van der Waals surface area contributed by atoms with Gasteiger partial charge in [0, 0.05) is 29.9 Å². The summed E-state index contributed by atoms with van der Waals surface area (Å²) in [6.45, 7) is 4.37. The Hall–Kier alpha value is -1.16. The first-order valence-corrected chi connectivity index (χ1v) is 6.74. The molecule has 1 aromatic heterocycles. The molecule has 1 aromatic carbocycles. The summed E-state index contributed by atoms with van der Waals surface area (Å²) in [4.78, 5) is 8.97. The Bertz CT molecular complexity index is 589. The Morgan fingerprint density at radius 1 is 1.05 bits per heavy atom. The molecule has 19 heavy (non-hydrogen) atoms. The predicted octanol–water partition coefficient (Wildman–Crippen LogP) is 3.45. The second kappa shape index (κ2) is 5.87. The van der Waals surface area contributed by atoms with Crippen LogP contribution in [0.4, 0.5) is 0 Å². The summed E-state index contributed by atoms with van der Waals surface area (Å²) in [6.07, 6.45) is 0.628. The topological polar surface area (TPSA) is 51.8 Å². The van der Waals surface area contributed by atoms with E-state index in [1.54, 1.807) is 6.07 Å². The van der Waals surface area contributed by atoms with Gasteiger partial charge in [0.05, 0.1) is 10.0 Å². The number of hydrogen-bond donors (Lipinski definition) is 1. The van der Waals surface area contributed by atoms with E-state index in [0.717, 1.165) is 28.3 Å². The number of halogens is 2. The smallest absolute Gasteiger partial charge is 0.133 e. The summed E-state index contributed by atoms with van der Waals surface area (Å²) in [5.41, 5.74) is 9.60. The maximum atomic E-state index is 6.00. The molecule has 0 spiro atoms. The van der Waals surface area contributed by atoms with Crippen LogP contribution < -0.4 is 5.73 Å². The van der Waals surface area contributed by atoms with Crippen LogP contribution in [0.2, 0.25) is 10.0 Å². The predicted molar refractivity (Wildman–Crippen MR) is 78.7 cm³/mol. The van der Waals surface area contributed by atoms with Gasteiger partial charge in [-0.2, -0.15) is 0 Å². The van der Waals surface area contributed by atoms with Gasteiger partial charge in [0.15, 0.2) is 0 Å². The molecule has 3 nitrogen and oxygen atoms in total. The van der Waals surface area contributed by atoms with Crippen molar-refractivity contribution < 1.29 is 0 Å². The van der Waals surface area contributed by atoms with Crippen molar-refractivity contribution in [3.63, 3.8) is 0 Å². The molecule has 0 aliphatic rings. The second-order valence-corrected chi connectivity index (χ2v) is 5.23. The molecule has 5 heteroatoms. The minimum atomic E-state index is 0.463. The minimum absolute atomic E-state index is 0.463. The summed E-state index contributed by atoms with van der Waals surface area (Å²) >= 11 is 11.9. The van der Waals surface area contributed by atoms with Crippen molar-refractivity contribution in [3.05, 3.63) is 56.6 Å². The molecule has 0 amide bonds. The van der Waals surface area contributed by atoms with Crippen LogP contribution in [-0.2, 0) is 13.0 Å². The van der Waals surface area contributed by atoms with Gasteiger partial charge < -0.3 is 5.73 Å². The molecule has 2 aromatic rings. The standard InChI is InChI=1S/C14H15Cl2N3/c1-8-11(7-17)9(2)19-14(18-8)6-10-3-4-12(15)13(16)5-10/h3-5H,6-7,17H2,1-2H3. The van der Waals surface area contributed by atoms with Crippen LogP contribution in [0.1, 0.15) is 28.3 Å². The summed E-state index contributed by atoms with van der Waals surface area (Å²) in [6, 6.07) is 5.56. The third-order valence-electron chi connectivity index (χ3n) is 3.02. The van der Waals surface area contributed by atoms with Gasteiger partial charge in [-0.25, -0.2) is 9.97 Å². The number of nitrogens with zero attached hydrogens (tertiary/aromatic N) is 2. The number of aromatic nitrogens is 2. The Kier molecular flexibility index (Phi) is 4.40. The lowest BCUT2D eigenvalue weighted by molar-refractivity contribution is 0.867. The Morgan fingerprint density at radius 2 is 1.68 bits per heavy atom. The van der Waals surface area contributed by atoms with Gasteiger partial charge in [-0.3, -0.25) is 0 Å². The maximum absolute atomic E-state index is 6.00. The van der Waals surface area contributed by atoms with E-state index in [1.807, 2.05) is 26.0 Å². The Morgan fingerprint density at radius 3 is 2.21 bits per heavy atom. The zero-order valence-electron chi connectivity index (χ0n) is 10.9. The van der Waals surface area contributed by atoms with Gasteiger partial charge in [-0.15, -0.1) is 0 Å². The van der Waals surface area contributed by atoms with Crippen molar-refractivity contribution in [2.75, 3.05) is 0 Å². The molecule has 1 heterocycles. The van der Waals surface area contributed by atoms with E-state index in [9.17, 15) is 0 Å². The third-order valence-corrected chi connectivity index (χ3v) is 3.76. The lowest BCUT2D eigenvalue weighted by Gasteiger charge is -2.09. The molecule has 0 aliphatic heterocycles. The second-order valence-electron chi connectivity index (χ2n) is 4.42. The minimum Gasteiger partial charge on any atom is -0.326 e. The number of aryl methyl sites for hydroxylation is 2. The average Bonchev–Trinajstić information content (AvgIpc) is 2.33. The van der Waals surface area contributed by atoms with E-state index in [-0.39, 0.29) is 0 Å². The fourth-order valence-corrected chi connectivity index (χ4v) is 2.34. The molecule has 0 saturated carbocycles. The molecular formula is C14H15Cl2N3. The van der Waals surface area contributed by atoms with Crippen LogP contribution in [0.25, 0.3) is 0 Å². The summed E-state index contributed by atoms with van der Waals surface area (Å²) < 4.78 is 0. The first-order chi connectivity index (χ1) is 9.01. The Labute approximate surface area is 122 Å². The lowest BCUT2D eigenvalue weighted by atomic mass is 10.1. The molecule has 0 saturated heterocycles. The molecule has 0 radical (unpaired) electrons. The summed E-state index contributed by atoms with van der Waals surface area (Å²) in [5, 5.41) is 1.10. The lowest BCUT2D eigenvalue weighted by Crippen LogP contribution is -2.09. The summed E-state index contributed by atoms with van der Waals surface area (Å²) in [5.74, 6) is 0.769. The normalized spacial score (nSPS) is 10.8. The molecule has 0 atom stereocenters.